The Hall–Kier alpha value is -3.29. The number of hydrogen-bond donors (Lipinski definition) is 1. The summed E-state index contributed by atoms with van der Waals surface area (Å²) in [6, 6.07) is 15.9. The van der Waals surface area contributed by atoms with Gasteiger partial charge >= 0.3 is 0 Å². The summed E-state index contributed by atoms with van der Waals surface area (Å²) >= 11 is 3.03. The Labute approximate surface area is 181 Å². The van der Waals surface area contributed by atoms with Crippen molar-refractivity contribution in [2.75, 3.05) is 5.32 Å². The smallest absolute Gasteiger partial charge is 0.268 e. The molecule has 1 aromatic carbocycles. The van der Waals surface area contributed by atoms with Gasteiger partial charge in [-0.3, -0.25) is 9.20 Å². The van der Waals surface area contributed by atoms with E-state index in [2.05, 4.69) is 10.3 Å². The maximum absolute atomic E-state index is 13.2. The molecule has 0 saturated carbocycles. The minimum Gasteiger partial charge on any atom is -0.305 e. The summed E-state index contributed by atoms with van der Waals surface area (Å²) in [7, 11) is 0. The van der Waals surface area contributed by atoms with Crippen molar-refractivity contribution in [1.29, 1.82) is 0 Å². The molecular formula is C23H18N4OS2. The molecule has 4 heterocycles. The van der Waals surface area contributed by atoms with Crippen molar-refractivity contribution in [3.63, 3.8) is 0 Å². The molecule has 5 nitrogen and oxygen atoms in total. The molecule has 5 aromatic rings. The minimum absolute atomic E-state index is 0.174. The number of anilines is 1. The molecule has 0 unspecified atom stereocenters. The van der Waals surface area contributed by atoms with Gasteiger partial charge < -0.3 is 5.32 Å². The van der Waals surface area contributed by atoms with Crippen LogP contribution in [0, 0.1) is 13.8 Å². The van der Waals surface area contributed by atoms with Crippen LogP contribution in [0.5, 0.6) is 0 Å². The molecule has 0 fully saturated rings. The third-order valence-electron chi connectivity index (χ3n) is 4.90. The van der Waals surface area contributed by atoms with Gasteiger partial charge in [0.1, 0.15) is 27.0 Å². The Bertz CT molecular complexity index is 1350. The fraction of sp³-hybridized carbons (Fsp3) is 0.0870. The van der Waals surface area contributed by atoms with Gasteiger partial charge in [0, 0.05) is 22.7 Å². The fourth-order valence-electron chi connectivity index (χ4n) is 3.40. The number of fused-ring (bicyclic) bond motifs is 1. The highest BCUT2D eigenvalue weighted by molar-refractivity contribution is 7.17. The van der Waals surface area contributed by atoms with Crippen LogP contribution in [0.3, 0.4) is 0 Å². The summed E-state index contributed by atoms with van der Waals surface area (Å²) in [5.74, 6) is 0.488. The second-order valence-corrected chi connectivity index (χ2v) is 8.74. The van der Waals surface area contributed by atoms with E-state index in [1.165, 1.54) is 11.3 Å². The molecule has 0 saturated heterocycles. The number of carbonyl (C=O) groups is 1. The zero-order valence-corrected chi connectivity index (χ0v) is 18.1. The van der Waals surface area contributed by atoms with E-state index in [1.807, 2.05) is 83.7 Å². The van der Waals surface area contributed by atoms with Crippen molar-refractivity contribution in [2.24, 2.45) is 0 Å². The quantitative estimate of drug-likeness (QED) is 0.377. The minimum atomic E-state index is -0.174. The Morgan fingerprint density at radius 2 is 1.83 bits per heavy atom. The van der Waals surface area contributed by atoms with Crippen molar-refractivity contribution < 1.29 is 4.79 Å². The van der Waals surface area contributed by atoms with Gasteiger partial charge in [0.15, 0.2) is 0 Å². The standard InChI is InChI=1S/C23H18N4OS2/c1-14-7-6-11-27-20(14)25-18(16-8-4-3-5-9-16)21(27)26-22(28)19-15(2)24-23(30-19)17-10-12-29-13-17/h3-13H,1-2H3,(H,26,28). The number of aryl methyl sites for hydroxylation is 2. The van der Waals surface area contributed by atoms with Crippen LogP contribution < -0.4 is 5.32 Å². The Kier molecular flexibility index (Phi) is 4.69. The molecule has 4 aromatic heterocycles. The van der Waals surface area contributed by atoms with Crippen molar-refractivity contribution in [3.8, 4) is 21.8 Å². The molecule has 1 N–H and O–H groups in total. The Morgan fingerprint density at radius 3 is 2.60 bits per heavy atom. The van der Waals surface area contributed by atoms with Crippen molar-refractivity contribution >= 4 is 40.0 Å². The van der Waals surface area contributed by atoms with Crippen molar-refractivity contribution in [2.45, 2.75) is 13.8 Å². The van der Waals surface area contributed by atoms with Crippen molar-refractivity contribution in [3.05, 3.63) is 81.6 Å². The summed E-state index contributed by atoms with van der Waals surface area (Å²) in [6.07, 6.45) is 1.92. The van der Waals surface area contributed by atoms with Gasteiger partial charge in [0.2, 0.25) is 0 Å². The molecule has 0 aliphatic carbocycles. The van der Waals surface area contributed by atoms with Gasteiger partial charge in [-0.1, -0.05) is 36.4 Å². The lowest BCUT2D eigenvalue weighted by Gasteiger charge is -2.07. The van der Waals surface area contributed by atoms with E-state index in [1.54, 1.807) is 11.3 Å². The number of pyridine rings is 1. The highest BCUT2D eigenvalue weighted by atomic mass is 32.1. The van der Waals surface area contributed by atoms with Crippen LogP contribution in [0.2, 0.25) is 0 Å². The number of benzene rings is 1. The topological polar surface area (TPSA) is 59.3 Å². The highest BCUT2D eigenvalue weighted by Gasteiger charge is 2.21. The molecule has 7 heteroatoms. The number of thiophene rings is 1. The van der Waals surface area contributed by atoms with E-state index in [9.17, 15) is 4.79 Å². The van der Waals surface area contributed by atoms with E-state index < -0.39 is 0 Å². The highest BCUT2D eigenvalue weighted by Crippen LogP contribution is 2.33. The first-order chi connectivity index (χ1) is 14.6. The zero-order chi connectivity index (χ0) is 20.7. The number of thiazole rings is 1. The van der Waals surface area contributed by atoms with Crippen LogP contribution in [-0.4, -0.2) is 20.3 Å². The first-order valence-corrected chi connectivity index (χ1v) is 11.2. The van der Waals surface area contributed by atoms with Gasteiger partial charge in [-0.25, -0.2) is 9.97 Å². The van der Waals surface area contributed by atoms with Gasteiger partial charge in [-0.2, -0.15) is 11.3 Å². The molecule has 0 atom stereocenters. The maximum Gasteiger partial charge on any atom is 0.268 e. The molecule has 0 radical (unpaired) electrons. The molecule has 0 bridgehead atoms. The number of amides is 1. The maximum atomic E-state index is 13.2. The second-order valence-electron chi connectivity index (χ2n) is 6.96. The van der Waals surface area contributed by atoms with Gasteiger partial charge in [-0.15, -0.1) is 11.3 Å². The molecule has 148 valence electrons. The van der Waals surface area contributed by atoms with E-state index in [0.29, 0.717) is 10.7 Å². The Balaban J connectivity index is 1.59. The number of carbonyl (C=O) groups excluding carboxylic acids is 1. The summed E-state index contributed by atoms with van der Waals surface area (Å²) in [5.41, 5.74) is 5.34. The molecule has 0 aliphatic heterocycles. The van der Waals surface area contributed by atoms with Crippen LogP contribution >= 0.6 is 22.7 Å². The second kappa shape index (κ2) is 7.51. The average Bonchev–Trinajstić information content (AvgIpc) is 3.48. The van der Waals surface area contributed by atoms with Gasteiger partial charge in [0.25, 0.3) is 5.91 Å². The van der Waals surface area contributed by atoms with E-state index in [-0.39, 0.29) is 5.91 Å². The first kappa shape index (κ1) is 18.7. The fourth-order valence-corrected chi connectivity index (χ4v) is 5.07. The summed E-state index contributed by atoms with van der Waals surface area (Å²) in [4.78, 5) is 23.3. The number of imidazole rings is 1. The molecule has 0 spiro atoms. The average molecular weight is 431 g/mol. The van der Waals surface area contributed by atoms with Crippen LogP contribution in [0.25, 0.3) is 27.5 Å². The monoisotopic (exact) mass is 430 g/mol. The van der Waals surface area contributed by atoms with Crippen LogP contribution in [0.4, 0.5) is 5.82 Å². The third-order valence-corrected chi connectivity index (χ3v) is 6.78. The molecule has 30 heavy (non-hydrogen) atoms. The molecular weight excluding hydrogens is 412 g/mol. The number of nitrogens with zero attached hydrogens (tertiary/aromatic N) is 3. The van der Waals surface area contributed by atoms with Crippen LogP contribution in [-0.2, 0) is 0 Å². The number of rotatable bonds is 4. The van der Waals surface area contributed by atoms with Gasteiger partial charge in [0.05, 0.1) is 5.69 Å². The summed E-state index contributed by atoms with van der Waals surface area (Å²) in [6.45, 7) is 3.89. The third kappa shape index (κ3) is 3.22. The number of aromatic nitrogens is 3. The van der Waals surface area contributed by atoms with Crippen molar-refractivity contribution in [1.82, 2.24) is 14.4 Å². The lowest BCUT2D eigenvalue weighted by Crippen LogP contribution is -2.14. The van der Waals surface area contributed by atoms with Crippen LogP contribution in [0.15, 0.2) is 65.5 Å². The number of hydrogen-bond acceptors (Lipinski definition) is 5. The molecule has 5 rings (SSSR count). The van der Waals surface area contributed by atoms with E-state index in [4.69, 9.17) is 4.98 Å². The zero-order valence-electron chi connectivity index (χ0n) is 16.4. The summed E-state index contributed by atoms with van der Waals surface area (Å²) < 4.78 is 1.94. The van der Waals surface area contributed by atoms with Crippen LogP contribution in [0.1, 0.15) is 20.9 Å². The predicted molar refractivity (Wildman–Crippen MR) is 123 cm³/mol. The van der Waals surface area contributed by atoms with E-state index in [0.717, 1.165) is 38.7 Å². The SMILES string of the molecule is Cc1nc(-c2ccsc2)sc1C(=O)Nc1c(-c2ccccc2)nc2c(C)cccn12. The predicted octanol–water partition coefficient (Wildman–Crippen LogP) is 6.06. The Morgan fingerprint density at radius 1 is 1.00 bits per heavy atom. The molecule has 0 aliphatic rings. The first-order valence-electron chi connectivity index (χ1n) is 9.46. The molecule has 1 amide bonds. The van der Waals surface area contributed by atoms with E-state index >= 15 is 0 Å². The number of nitrogens with one attached hydrogen (secondary N) is 1. The largest absolute Gasteiger partial charge is 0.305 e. The lowest BCUT2D eigenvalue weighted by molar-refractivity contribution is 0.102. The summed E-state index contributed by atoms with van der Waals surface area (Å²) in [5, 5.41) is 8.02. The lowest BCUT2D eigenvalue weighted by atomic mass is 10.1. The van der Waals surface area contributed by atoms with Gasteiger partial charge in [-0.05, 0) is 36.9 Å². The normalized spacial score (nSPS) is 11.1.